The predicted molar refractivity (Wildman–Crippen MR) is 99.9 cm³/mol. The number of amides is 1. The maximum absolute atomic E-state index is 12.4. The Bertz CT molecular complexity index is 617. The van der Waals surface area contributed by atoms with Crippen molar-refractivity contribution in [2.75, 3.05) is 0 Å². The minimum atomic E-state index is -0.111. The Morgan fingerprint density at radius 2 is 1.62 bits per heavy atom. The SMILES string of the molecule is CCc1ccc(C(=O)NC(=S)NC23CC4CC(CC(C4)C2)C3)cc1. The fourth-order valence-corrected chi connectivity index (χ4v) is 5.91. The van der Waals surface area contributed by atoms with E-state index in [1.54, 1.807) is 0 Å². The first-order valence-electron chi connectivity index (χ1n) is 9.28. The van der Waals surface area contributed by atoms with Crippen LogP contribution in [0.15, 0.2) is 24.3 Å². The van der Waals surface area contributed by atoms with Crippen LogP contribution < -0.4 is 10.6 Å². The van der Waals surface area contributed by atoms with E-state index in [0.29, 0.717) is 10.7 Å². The molecule has 24 heavy (non-hydrogen) atoms. The van der Waals surface area contributed by atoms with Crippen LogP contribution in [0.25, 0.3) is 0 Å². The first-order valence-corrected chi connectivity index (χ1v) is 9.68. The highest BCUT2D eigenvalue weighted by Crippen LogP contribution is 2.55. The van der Waals surface area contributed by atoms with Crippen molar-refractivity contribution in [2.24, 2.45) is 17.8 Å². The van der Waals surface area contributed by atoms with E-state index < -0.39 is 0 Å². The minimum absolute atomic E-state index is 0.111. The van der Waals surface area contributed by atoms with Crippen LogP contribution in [0.3, 0.4) is 0 Å². The topological polar surface area (TPSA) is 41.1 Å². The molecule has 128 valence electrons. The molecule has 0 saturated heterocycles. The second kappa shape index (κ2) is 6.14. The molecule has 1 amide bonds. The number of thiocarbonyl (C=S) groups is 1. The van der Waals surface area contributed by atoms with Gasteiger partial charge in [-0.05, 0) is 92.6 Å². The summed E-state index contributed by atoms with van der Waals surface area (Å²) < 4.78 is 0. The van der Waals surface area contributed by atoms with Gasteiger partial charge < -0.3 is 5.32 Å². The number of hydrogen-bond acceptors (Lipinski definition) is 2. The summed E-state index contributed by atoms with van der Waals surface area (Å²) in [6.07, 6.45) is 8.87. The predicted octanol–water partition coefficient (Wildman–Crippen LogP) is 3.82. The summed E-state index contributed by atoms with van der Waals surface area (Å²) in [7, 11) is 0. The average molecular weight is 343 g/mol. The van der Waals surface area contributed by atoms with Crippen LogP contribution in [0.2, 0.25) is 0 Å². The Kier molecular flexibility index (Phi) is 4.11. The van der Waals surface area contributed by atoms with E-state index in [2.05, 4.69) is 17.6 Å². The molecule has 0 unspecified atom stereocenters. The Labute approximate surface area is 149 Å². The Balaban J connectivity index is 1.38. The molecule has 0 aromatic heterocycles. The number of carbonyl (C=O) groups is 1. The molecule has 4 heteroatoms. The van der Waals surface area contributed by atoms with Gasteiger partial charge in [0.25, 0.3) is 5.91 Å². The standard InChI is InChI=1S/C20H26N2OS/c1-2-13-3-5-17(6-4-13)18(23)21-19(24)22-20-10-14-7-15(11-20)9-16(8-14)12-20/h3-6,14-16H,2,7-12H2,1H3,(H2,21,22,23,24). The van der Waals surface area contributed by atoms with Crippen molar-refractivity contribution in [3.05, 3.63) is 35.4 Å². The van der Waals surface area contributed by atoms with Crippen LogP contribution in [-0.4, -0.2) is 16.6 Å². The second-order valence-corrected chi connectivity index (χ2v) is 8.56. The summed E-state index contributed by atoms with van der Waals surface area (Å²) in [6.45, 7) is 2.11. The van der Waals surface area contributed by atoms with Crippen LogP contribution in [0, 0.1) is 17.8 Å². The van der Waals surface area contributed by atoms with Crippen LogP contribution in [-0.2, 0) is 6.42 Å². The van der Waals surface area contributed by atoms with E-state index in [9.17, 15) is 4.79 Å². The highest BCUT2D eigenvalue weighted by Gasteiger charge is 2.51. The maximum Gasteiger partial charge on any atom is 0.257 e. The molecule has 4 saturated carbocycles. The monoisotopic (exact) mass is 342 g/mol. The molecule has 0 aliphatic heterocycles. The van der Waals surface area contributed by atoms with Gasteiger partial charge in [-0.25, -0.2) is 0 Å². The summed E-state index contributed by atoms with van der Waals surface area (Å²) in [4.78, 5) is 12.4. The molecule has 2 N–H and O–H groups in total. The van der Waals surface area contributed by atoms with E-state index >= 15 is 0 Å². The van der Waals surface area contributed by atoms with Crippen molar-refractivity contribution in [2.45, 2.75) is 57.4 Å². The molecule has 0 spiro atoms. The molecule has 4 fully saturated rings. The summed E-state index contributed by atoms with van der Waals surface area (Å²) >= 11 is 5.47. The lowest BCUT2D eigenvalue weighted by atomic mass is 9.53. The van der Waals surface area contributed by atoms with E-state index in [1.165, 1.54) is 44.1 Å². The fraction of sp³-hybridized carbons (Fsp3) is 0.600. The van der Waals surface area contributed by atoms with Crippen molar-refractivity contribution in [3.63, 3.8) is 0 Å². The number of benzene rings is 1. The van der Waals surface area contributed by atoms with Gasteiger partial charge in [-0.2, -0.15) is 0 Å². The Morgan fingerprint density at radius 1 is 1.08 bits per heavy atom. The zero-order chi connectivity index (χ0) is 16.7. The first kappa shape index (κ1) is 16.1. The van der Waals surface area contributed by atoms with Gasteiger partial charge in [0, 0.05) is 11.1 Å². The van der Waals surface area contributed by atoms with E-state index in [4.69, 9.17) is 12.2 Å². The lowest BCUT2D eigenvalue weighted by molar-refractivity contribution is -0.0101. The smallest absolute Gasteiger partial charge is 0.257 e. The third kappa shape index (κ3) is 3.08. The van der Waals surface area contributed by atoms with Gasteiger partial charge >= 0.3 is 0 Å². The Hall–Kier alpha value is -1.42. The van der Waals surface area contributed by atoms with E-state index in [1.807, 2.05) is 24.3 Å². The van der Waals surface area contributed by atoms with Crippen molar-refractivity contribution in [3.8, 4) is 0 Å². The summed E-state index contributed by atoms with van der Waals surface area (Å²) in [5.41, 5.74) is 2.05. The van der Waals surface area contributed by atoms with E-state index in [0.717, 1.165) is 24.2 Å². The second-order valence-electron chi connectivity index (χ2n) is 8.16. The first-order chi connectivity index (χ1) is 11.5. The number of carbonyl (C=O) groups excluding carboxylic acids is 1. The molecule has 0 radical (unpaired) electrons. The number of aryl methyl sites for hydroxylation is 1. The molecule has 4 bridgehead atoms. The van der Waals surface area contributed by atoms with Gasteiger partial charge in [-0.15, -0.1) is 0 Å². The molecular weight excluding hydrogens is 316 g/mol. The molecule has 1 aromatic carbocycles. The fourth-order valence-electron chi connectivity index (χ4n) is 5.60. The van der Waals surface area contributed by atoms with Crippen LogP contribution in [0.5, 0.6) is 0 Å². The van der Waals surface area contributed by atoms with Crippen molar-refractivity contribution >= 4 is 23.2 Å². The third-order valence-corrected chi connectivity index (χ3v) is 6.47. The van der Waals surface area contributed by atoms with Crippen LogP contribution in [0.1, 0.15) is 61.4 Å². The normalized spacial score (nSPS) is 33.3. The summed E-state index contributed by atoms with van der Waals surface area (Å²) in [6, 6.07) is 7.76. The van der Waals surface area contributed by atoms with Gasteiger partial charge in [-0.3, -0.25) is 10.1 Å². The maximum atomic E-state index is 12.4. The summed E-state index contributed by atoms with van der Waals surface area (Å²) in [5.74, 6) is 2.48. The van der Waals surface area contributed by atoms with Gasteiger partial charge in [0.1, 0.15) is 0 Å². The lowest BCUT2D eigenvalue weighted by Crippen LogP contribution is -2.61. The zero-order valence-electron chi connectivity index (χ0n) is 14.3. The average Bonchev–Trinajstić information content (AvgIpc) is 2.53. The van der Waals surface area contributed by atoms with E-state index in [-0.39, 0.29) is 11.4 Å². The number of hydrogen-bond donors (Lipinski definition) is 2. The van der Waals surface area contributed by atoms with Crippen molar-refractivity contribution < 1.29 is 4.79 Å². The number of nitrogens with one attached hydrogen (secondary N) is 2. The van der Waals surface area contributed by atoms with Crippen molar-refractivity contribution in [1.29, 1.82) is 0 Å². The van der Waals surface area contributed by atoms with Gasteiger partial charge in [0.05, 0.1) is 0 Å². The highest BCUT2D eigenvalue weighted by atomic mass is 32.1. The molecule has 4 aliphatic carbocycles. The highest BCUT2D eigenvalue weighted by molar-refractivity contribution is 7.80. The van der Waals surface area contributed by atoms with Crippen LogP contribution >= 0.6 is 12.2 Å². The van der Waals surface area contributed by atoms with Crippen LogP contribution in [0.4, 0.5) is 0 Å². The number of rotatable bonds is 3. The minimum Gasteiger partial charge on any atom is -0.357 e. The summed E-state index contributed by atoms with van der Waals surface area (Å²) in [5, 5.41) is 6.94. The molecule has 0 atom stereocenters. The molecule has 3 nitrogen and oxygen atoms in total. The van der Waals surface area contributed by atoms with Gasteiger partial charge in [0.15, 0.2) is 5.11 Å². The van der Waals surface area contributed by atoms with Gasteiger partial charge in [0.2, 0.25) is 0 Å². The molecule has 5 rings (SSSR count). The van der Waals surface area contributed by atoms with Crippen molar-refractivity contribution in [1.82, 2.24) is 10.6 Å². The van der Waals surface area contributed by atoms with Gasteiger partial charge in [-0.1, -0.05) is 19.1 Å². The molecule has 4 aliphatic rings. The third-order valence-electron chi connectivity index (χ3n) is 6.27. The molecular formula is C20H26N2OS. The zero-order valence-corrected chi connectivity index (χ0v) is 15.1. The Morgan fingerprint density at radius 3 is 2.12 bits per heavy atom. The lowest BCUT2D eigenvalue weighted by Gasteiger charge is -2.57. The largest absolute Gasteiger partial charge is 0.357 e. The molecule has 1 aromatic rings. The molecule has 0 heterocycles. The quantitative estimate of drug-likeness (QED) is 0.821.